The van der Waals surface area contributed by atoms with Gasteiger partial charge in [-0.3, -0.25) is 10.1 Å². The number of carbonyl (C=O) groups is 1. The van der Waals surface area contributed by atoms with E-state index in [-0.39, 0.29) is 23.1 Å². The van der Waals surface area contributed by atoms with E-state index in [0.717, 1.165) is 25.1 Å². The Balaban J connectivity index is 2.23. The molecule has 2 heterocycles. The van der Waals surface area contributed by atoms with Gasteiger partial charge in [-0.25, -0.2) is 9.78 Å². The van der Waals surface area contributed by atoms with Gasteiger partial charge in [0.25, 0.3) is 5.69 Å². The molecule has 0 aromatic carbocycles. The highest BCUT2D eigenvalue weighted by molar-refractivity contribution is 5.93. The Labute approximate surface area is 108 Å². The van der Waals surface area contributed by atoms with Gasteiger partial charge in [0.05, 0.1) is 4.92 Å². The molecule has 1 fully saturated rings. The summed E-state index contributed by atoms with van der Waals surface area (Å²) in [7, 11) is 0. The lowest BCUT2D eigenvalue weighted by Gasteiger charge is -2.24. The minimum Gasteiger partial charge on any atom is -0.478 e. The number of nitrogens with one attached hydrogen (secondary N) is 1. The number of nitro groups is 1. The highest BCUT2D eigenvalue weighted by Crippen LogP contribution is 2.21. The number of carboxylic acid groups (broad SMARTS) is 1. The Bertz CT molecular complexity index is 499. The molecular formula is C11H13N3O5. The number of hydrogen-bond donors (Lipinski definition) is 2. The van der Waals surface area contributed by atoms with Crippen LogP contribution in [0.25, 0.3) is 0 Å². The van der Waals surface area contributed by atoms with E-state index < -0.39 is 10.9 Å². The molecule has 1 saturated heterocycles. The van der Waals surface area contributed by atoms with Crippen molar-refractivity contribution in [1.29, 1.82) is 0 Å². The van der Waals surface area contributed by atoms with Crippen LogP contribution in [0.5, 0.6) is 0 Å². The van der Waals surface area contributed by atoms with Gasteiger partial charge in [-0.05, 0) is 12.8 Å². The van der Waals surface area contributed by atoms with E-state index in [9.17, 15) is 14.9 Å². The summed E-state index contributed by atoms with van der Waals surface area (Å²) in [5, 5.41) is 22.7. The highest BCUT2D eigenvalue weighted by atomic mass is 16.6. The van der Waals surface area contributed by atoms with Crippen LogP contribution in [0, 0.1) is 10.1 Å². The van der Waals surface area contributed by atoms with Crippen molar-refractivity contribution in [2.24, 2.45) is 0 Å². The maximum absolute atomic E-state index is 11.1. The summed E-state index contributed by atoms with van der Waals surface area (Å²) in [5.41, 5.74) is -0.532. The molecular weight excluding hydrogens is 254 g/mol. The van der Waals surface area contributed by atoms with Crippen molar-refractivity contribution in [3.05, 3.63) is 27.9 Å². The molecule has 0 saturated carbocycles. The zero-order valence-electron chi connectivity index (χ0n) is 10.0. The lowest BCUT2D eigenvalue weighted by atomic mass is 10.1. The number of aromatic nitrogens is 1. The standard InChI is InChI=1S/C11H13N3O5/c15-11(16)9-5-8(14(17)18)6-12-10(9)13-7-1-3-19-4-2-7/h5-7H,1-4H2,(H,12,13)(H,15,16). The summed E-state index contributed by atoms with van der Waals surface area (Å²) < 4.78 is 5.20. The highest BCUT2D eigenvalue weighted by Gasteiger charge is 2.21. The van der Waals surface area contributed by atoms with Gasteiger partial charge in [0.15, 0.2) is 0 Å². The van der Waals surface area contributed by atoms with Crippen molar-refractivity contribution in [3.8, 4) is 0 Å². The molecule has 0 aliphatic carbocycles. The molecule has 2 N–H and O–H groups in total. The Kier molecular flexibility index (Phi) is 3.91. The maximum Gasteiger partial charge on any atom is 0.339 e. The van der Waals surface area contributed by atoms with E-state index in [1.807, 2.05) is 0 Å². The summed E-state index contributed by atoms with van der Waals surface area (Å²) >= 11 is 0. The number of ether oxygens (including phenoxy) is 1. The van der Waals surface area contributed by atoms with Crippen molar-refractivity contribution >= 4 is 17.5 Å². The number of rotatable bonds is 4. The van der Waals surface area contributed by atoms with Crippen LogP contribution in [0.3, 0.4) is 0 Å². The van der Waals surface area contributed by atoms with Crippen molar-refractivity contribution in [2.45, 2.75) is 18.9 Å². The van der Waals surface area contributed by atoms with Gasteiger partial charge < -0.3 is 15.2 Å². The zero-order chi connectivity index (χ0) is 13.8. The zero-order valence-corrected chi connectivity index (χ0v) is 10.0. The fourth-order valence-corrected chi connectivity index (χ4v) is 1.87. The summed E-state index contributed by atoms with van der Waals surface area (Å²) in [5.74, 6) is -1.09. The Hall–Kier alpha value is -2.22. The first-order valence-corrected chi connectivity index (χ1v) is 5.80. The average molecular weight is 267 g/mol. The first-order chi connectivity index (χ1) is 9.08. The molecule has 102 valence electrons. The Morgan fingerprint density at radius 3 is 2.79 bits per heavy atom. The van der Waals surface area contributed by atoms with Gasteiger partial charge in [0, 0.05) is 25.3 Å². The molecule has 1 aliphatic rings. The second-order valence-electron chi connectivity index (χ2n) is 4.18. The van der Waals surface area contributed by atoms with E-state index in [1.54, 1.807) is 0 Å². The van der Waals surface area contributed by atoms with Crippen LogP contribution in [-0.4, -0.2) is 40.2 Å². The SMILES string of the molecule is O=C(O)c1cc([N+](=O)[O-])cnc1NC1CCOCC1. The predicted molar refractivity (Wildman–Crippen MR) is 65.3 cm³/mol. The number of carboxylic acids is 1. The molecule has 2 rings (SSSR count). The average Bonchev–Trinajstić information content (AvgIpc) is 2.39. The minimum atomic E-state index is -1.24. The molecule has 0 atom stereocenters. The molecule has 0 unspecified atom stereocenters. The van der Waals surface area contributed by atoms with Gasteiger partial charge in [-0.15, -0.1) is 0 Å². The number of anilines is 1. The Morgan fingerprint density at radius 2 is 2.21 bits per heavy atom. The van der Waals surface area contributed by atoms with Crippen molar-refractivity contribution in [1.82, 2.24) is 4.98 Å². The molecule has 0 amide bonds. The van der Waals surface area contributed by atoms with Gasteiger partial charge in [-0.1, -0.05) is 0 Å². The minimum absolute atomic E-state index is 0.0702. The third-order valence-corrected chi connectivity index (χ3v) is 2.88. The summed E-state index contributed by atoms with van der Waals surface area (Å²) in [6, 6.07) is 1.08. The number of aromatic carboxylic acids is 1. The third-order valence-electron chi connectivity index (χ3n) is 2.88. The fourth-order valence-electron chi connectivity index (χ4n) is 1.87. The molecule has 0 spiro atoms. The first-order valence-electron chi connectivity index (χ1n) is 5.80. The predicted octanol–water partition coefficient (Wildman–Crippen LogP) is 1.28. The second kappa shape index (κ2) is 5.61. The van der Waals surface area contributed by atoms with Crippen LogP contribution in [0.15, 0.2) is 12.3 Å². The molecule has 1 aromatic rings. The van der Waals surface area contributed by atoms with E-state index in [2.05, 4.69) is 10.3 Å². The van der Waals surface area contributed by atoms with Crippen LogP contribution in [0.1, 0.15) is 23.2 Å². The maximum atomic E-state index is 11.1. The van der Waals surface area contributed by atoms with E-state index in [4.69, 9.17) is 9.84 Å². The van der Waals surface area contributed by atoms with Gasteiger partial charge in [0.2, 0.25) is 0 Å². The third kappa shape index (κ3) is 3.16. The van der Waals surface area contributed by atoms with Gasteiger partial charge in [-0.2, -0.15) is 0 Å². The smallest absolute Gasteiger partial charge is 0.339 e. The number of nitrogens with zero attached hydrogens (tertiary/aromatic N) is 2. The summed E-state index contributed by atoms with van der Waals surface area (Å²) in [6.45, 7) is 1.21. The molecule has 1 aliphatic heterocycles. The normalized spacial score (nSPS) is 16.0. The topological polar surface area (TPSA) is 115 Å². The summed E-state index contributed by atoms with van der Waals surface area (Å²) in [6.07, 6.45) is 2.55. The van der Waals surface area contributed by atoms with Crippen molar-refractivity contribution < 1.29 is 19.6 Å². The Morgan fingerprint density at radius 1 is 1.53 bits per heavy atom. The van der Waals surface area contributed by atoms with Crippen LogP contribution in [-0.2, 0) is 4.74 Å². The monoisotopic (exact) mass is 267 g/mol. The van der Waals surface area contributed by atoms with Gasteiger partial charge in [0.1, 0.15) is 17.6 Å². The molecule has 0 radical (unpaired) electrons. The summed E-state index contributed by atoms with van der Waals surface area (Å²) in [4.78, 5) is 24.9. The van der Waals surface area contributed by atoms with Crippen molar-refractivity contribution in [2.75, 3.05) is 18.5 Å². The van der Waals surface area contributed by atoms with Crippen LogP contribution >= 0.6 is 0 Å². The lowest BCUT2D eigenvalue weighted by Crippen LogP contribution is -2.29. The molecule has 1 aromatic heterocycles. The van der Waals surface area contributed by atoms with Crippen LogP contribution in [0.4, 0.5) is 11.5 Å². The second-order valence-corrected chi connectivity index (χ2v) is 4.18. The molecule has 8 nitrogen and oxygen atoms in total. The van der Waals surface area contributed by atoms with Crippen molar-refractivity contribution in [3.63, 3.8) is 0 Å². The quantitative estimate of drug-likeness (QED) is 0.623. The van der Waals surface area contributed by atoms with E-state index in [1.165, 1.54) is 0 Å². The number of hydrogen-bond acceptors (Lipinski definition) is 6. The lowest BCUT2D eigenvalue weighted by molar-refractivity contribution is -0.385. The molecule has 19 heavy (non-hydrogen) atoms. The van der Waals surface area contributed by atoms with E-state index >= 15 is 0 Å². The number of pyridine rings is 1. The molecule has 8 heteroatoms. The van der Waals surface area contributed by atoms with Crippen LogP contribution < -0.4 is 5.32 Å². The van der Waals surface area contributed by atoms with E-state index in [0.29, 0.717) is 13.2 Å². The van der Waals surface area contributed by atoms with Gasteiger partial charge >= 0.3 is 5.97 Å². The first kappa shape index (κ1) is 13.2. The largest absolute Gasteiger partial charge is 0.478 e. The fraction of sp³-hybridized carbons (Fsp3) is 0.455. The molecule has 0 bridgehead atoms. The van der Waals surface area contributed by atoms with Crippen LogP contribution in [0.2, 0.25) is 0 Å².